The van der Waals surface area contributed by atoms with Crippen LogP contribution in [0.25, 0.3) is 0 Å². The van der Waals surface area contributed by atoms with Crippen LogP contribution < -0.4 is 5.06 Å². The number of benzene rings is 1. The molecule has 0 radical (unpaired) electrons. The number of anilines is 1. The van der Waals surface area contributed by atoms with Gasteiger partial charge in [0.1, 0.15) is 0 Å². The van der Waals surface area contributed by atoms with Crippen molar-refractivity contribution in [3.63, 3.8) is 0 Å². The Morgan fingerprint density at radius 3 is 2.17 bits per heavy atom. The number of nitrogens with zero attached hydrogens (tertiary/aromatic N) is 2. The minimum Gasteiger partial charge on any atom is -0.758 e. The number of hydrogen-bond donors (Lipinski definition) is 0. The van der Waals surface area contributed by atoms with E-state index >= 15 is 0 Å². The highest BCUT2D eigenvalue weighted by Crippen LogP contribution is 2.17. The van der Waals surface area contributed by atoms with E-state index in [1.165, 1.54) is 31.3 Å². The third-order valence-corrected chi connectivity index (χ3v) is 1.42. The molecule has 12 heavy (non-hydrogen) atoms. The number of rotatable bonds is 2. The van der Waals surface area contributed by atoms with Crippen molar-refractivity contribution < 1.29 is 4.92 Å². The van der Waals surface area contributed by atoms with E-state index in [0.29, 0.717) is 10.8 Å². The molecular weight excluding hydrogens is 160 g/mol. The zero-order valence-electron chi connectivity index (χ0n) is 6.43. The Hall–Kier alpha value is -1.62. The number of hydrogen-bond acceptors (Lipinski definition) is 4. The SMILES string of the molecule is CN([O-])c1ccc([N+](=O)[O-])cc1. The van der Waals surface area contributed by atoms with Crippen LogP contribution in [0.1, 0.15) is 0 Å². The van der Waals surface area contributed by atoms with E-state index in [9.17, 15) is 15.3 Å². The molecule has 0 atom stereocenters. The van der Waals surface area contributed by atoms with Crippen molar-refractivity contribution in [2.75, 3.05) is 12.1 Å². The zero-order valence-corrected chi connectivity index (χ0v) is 6.43. The predicted octanol–water partition coefficient (Wildman–Crippen LogP) is 1.53. The zero-order chi connectivity index (χ0) is 9.14. The molecule has 0 unspecified atom stereocenters. The van der Waals surface area contributed by atoms with Crippen LogP contribution in [-0.2, 0) is 0 Å². The average molecular weight is 167 g/mol. The molecule has 1 aromatic rings. The van der Waals surface area contributed by atoms with E-state index in [1.807, 2.05) is 0 Å². The van der Waals surface area contributed by atoms with E-state index in [1.54, 1.807) is 0 Å². The van der Waals surface area contributed by atoms with Gasteiger partial charge in [-0.15, -0.1) is 0 Å². The first-order chi connectivity index (χ1) is 5.61. The lowest BCUT2D eigenvalue weighted by atomic mass is 10.3. The molecule has 0 spiro atoms. The summed E-state index contributed by atoms with van der Waals surface area (Å²) in [5.74, 6) is 0. The van der Waals surface area contributed by atoms with Gasteiger partial charge in [0, 0.05) is 17.8 Å². The van der Waals surface area contributed by atoms with Crippen LogP contribution in [-0.4, -0.2) is 12.0 Å². The van der Waals surface area contributed by atoms with E-state index < -0.39 is 4.92 Å². The second-order valence-corrected chi connectivity index (χ2v) is 2.27. The molecule has 0 aromatic heterocycles. The Morgan fingerprint density at radius 1 is 1.33 bits per heavy atom. The van der Waals surface area contributed by atoms with Gasteiger partial charge >= 0.3 is 0 Å². The summed E-state index contributed by atoms with van der Waals surface area (Å²) in [5, 5.41) is 21.5. The van der Waals surface area contributed by atoms with Gasteiger partial charge in [-0.3, -0.25) is 10.1 Å². The van der Waals surface area contributed by atoms with E-state index in [-0.39, 0.29) is 5.69 Å². The first-order valence-electron chi connectivity index (χ1n) is 3.26. The lowest BCUT2D eigenvalue weighted by molar-refractivity contribution is -0.384. The van der Waals surface area contributed by atoms with Gasteiger partial charge in [0.2, 0.25) is 0 Å². The maximum atomic E-state index is 10.7. The summed E-state index contributed by atoms with van der Waals surface area (Å²) in [4.78, 5) is 9.69. The molecular formula is C7H7N2O3-. The molecule has 0 aliphatic heterocycles. The molecule has 0 saturated carbocycles. The monoisotopic (exact) mass is 167 g/mol. The molecule has 0 bridgehead atoms. The van der Waals surface area contributed by atoms with Gasteiger partial charge in [-0.1, -0.05) is 0 Å². The van der Waals surface area contributed by atoms with Gasteiger partial charge in [-0.2, -0.15) is 0 Å². The molecule has 64 valence electrons. The maximum absolute atomic E-state index is 10.7. The Labute approximate surface area is 69.0 Å². The van der Waals surface area contributed by atoms with Crippen LogP contribution in [0.2, 0.25) is 0 Å². The van der Waals surface area contributed by atoms with Gasteiger partial charge < -0.3 is 10.3 Å². The van der Waals surface area contributed by atoms with Gasteiger partial charge in [0.05, 0.1) is 4.92 Å². The summed E-state index contributed by atoms with van der Waals surface area (Å²) in [7, 11) is 1.33. The minimum absolute atomic E-state index is 0.0133. The second kappa shape index (κ2) is 3.19. The van der Waals surface area contributed by atoms with Gasteiger partial charge in [-0.05, 0) is 19.2 Å². The van der Waals surface area contributed by atoms with Gasteiger partial charge in [0.25, 0.3) is 5.69 Å². The van der Waals surface area contributed by atoms with Crippen molar-refractivity contribution in [2.45, 2.75) is 0 Å². The summed E-state index contributed by atoms with van der Waals surface area (Å²) in [6.07, 6.45) is 0. The Morgan fingerprint density at radius 2 is 1.83 bits per heavy atom. The summed E-state index contributed by atoms with van der Waals surface area (Å²) < 4.78 is 0. The van der Waals surface area contributed by atoms with Crippen molar-refractivity contribution in [3.05, 3.63) is 39.6 Å². The Balaban J connectivity index is 2.93. The highest BCUT2D eigenvalue weighted by molar-refractivity contribution is 5.50. The quantitative estimate of drug-likeness (QED) is 0.494. The summed E-state index contributed by atoms with van der Waals surface area (Å²) in [5.41, 5.74) is 0.390. The van der Waals surface area contributed by atoms with Gasteiger partial charge in [0.15, 0.2) is 0 Å². The molecule has 0 amide bonds. The molecule has 0 fully saturated rings. The molecule has 0 saturated heterocycles. The van der Waals surface area contributed by atoms with E-state index in [2.05, 4.69) is 0 Å². The average Bonchev–Trinajstić information content (AvgIpc) is 2.04. The Kier molecular flexibility index (Phi) is 2.25. The number of nitro benzene ring substituents is 1. The van der Waals surface area contributed by atoms with Gasteiger partial charge in [-0.25, -0.2) is 0 Å². The fourth-order valence-corrected chi connectivity index (χ4v) is 0.784. The summed E-state index contributed by atoms with van der Waals surface area (Å²) in [6.45, 7) is 0. The van der Waals surface area contributed by atoms with Crippen LogP contribution in [0.5, 0.6) is 0 Å². The van der Waals surface area contributed by atoms with Crippen molar-refractivity contribution in [2.24, 2.45) is 0 Å². The third kappa shape index (κ3) is 1.70. The standard InChI is InChI=1S/C7H7N2O3/c1-8(10)6-2-4-7(5-3-6)9(11)12/h2-5H,1H3/q-1. The van der Waals surface area contributed by atoms with Crippen molar-refractivity contribution in [1.29, 1.82) is 0 Å². The van der Waals surface area contributed by atoms with Crippen molar-refractivity contribution >= 4 is 11.4 Å². The molecule has 0 N–H and O–H groups in total. The first kappa shape index (κ1) is 8.48. The molecule has 1 rings (SSSR count). The van der Waals surface area contributed by atoms with E-state index in [4.69, 9.17) is 0 Å². The summed E-state index contributed by atoms with van der Waals surface area (Å²) in [6, 6.07) is 5.41. The molecule has 5 nitrogen and oxygen atoms in total. The minimum atomic E-state index is -0.505. The second-order valence-electron chi connectivity index (χ2n) is 2.27. The van der Waals surface area contributed by atoms with Crippen LogP contribution in [0, 0.1) is 15.3 Å². The van der Waals surface area contributed by atoms with Crippen LogP contribution in [0.15, 0.2) is 24.3 Å². The highest BCUT2D eigenvalue weighted by atomic mass is 16.6. The number of nitro groups is 1. The highest BCUT2D eigenvalue weighted by Gasteiger charge is 2.02. The largest absolute Gasteiger partial charge is 0.758 e. The van der Waals surface area contributed by atoms with Crippen molar-refractivity contribution in [3.8, 4) is 0 Å². The molecule has 0 aliphatic carbocycles. The fourth-order valence-electron chi connectivity index (χ4n) is 0.784. The third-order valence-electron chi connectivity index (χ3n) is 1.42. The maximum Gasteiger partial charge on any atom is 0.269 e. The van der Waals surface area contributed by atoms with Crippen molar-refractivity contribution in [1.82, 2.24) is 0 Å². The van der Waals surface area contributed by atoms with Crippen LogP contribution >= 0.6 is 0 Å². The first-order valence-corrected chi connectivity index (χ1v) is 3.26. The number of non-ortho nitro benzene ring substituents is 1. The molecule has 0 heterocycles. The molecule has 5 heteroatoms. The van der Waals surface area contributed by atoms with Crippen LogP contribution in [0.4, 0.5) is 11.4 Å². The molecule has 1 aromatic carbocycles. The lowest BCUT2D eigenvalue weighted by Crippen LogP contribution is -2.05. The Bertz CT molecular complexity index is 281. The van der Waals surface area contributed by atoms with Crippen LogP contribution in [0.3, 0.4) is 0 Å². The molecule has 0 aliphatic rings. The summed E-state index contributed by atoms with van der Waals surface area (Å²) >= 11 is 0. The smallest absolute Gasteiger partial charge is 0.269 e. The predicted molar refractivity (Wildman–Crippen MR) is 44.9 cm³/mol. The van der Waals surface area contributed by atoms with E-state index in [0.717, 1.165) is 0 Å². The lowest BCUT2D eigenvalue weighted by Gasteiger charge is -2.24. The number of hydroxylamine groups is 1. The topological polar surface area (TPSA) is 69.4 Å². The fraction of sp³-hybridized carbons (Fsp3) is 0.143. The normalized spacial score (nSPS) is 9.50.